The molecule has 0 saturated carbocycles. The van der Waals surface area contributed by atoms with E-state index < -0.39 is 0 Å². The van der Waals surface area contributed by atoms with E-state index in [1.165, 1.54) is 16.7 Å². The number of thiocarbonyl (C=S) groups is 1. The number of nitrogens with one attached hydrogen (secondary N) is 1. The molecule has 1 aliphatic carbocycles. The molecule has 2 heterocycles. The highest BCUT2D eigenvalue weighted by atomic mass is 32.1. The molecule has 0 amide bonds. The Morgan fingerprint density at radius 3 is 2.62 bits per heavy atom. The van der Waals surface area contributed by atoms with Gasteiger partial charge in [-0.2, -0.15) is 0 Å². The maximum atomic E-state index is 5.89. The molecule has 34 heavy (non-hydrogen) atoms. The van der Waals surface area contributed by atoms with E-state index in [9.17, 15) is 0 Å². The Morgan fingerprint density at radius 1 is 0.941 bits per heavy atom. The van der Waals surface area contributed by atoms with Crippen LogP contribution in [0.1, 0.15) is 35.9 Å². The molecule has 1 N–H and O–H groups in total. The molecule has 6 nitrogen and oxygen atoms in total. The summed E-state index contributed by atoms with van der Waals surface area (Å²) in [5, 5.41) is 4.13. The molecule has 0 radical (unpaired) electrons. The monoisotopic (exact) mass is 474 g/mol. The smallest absolute Gasteiger partial charge is 0.231 e. The first-order valence-corrected chi connectivity index (χ1v) is 11.9. The van der Waals surface area contributed by atoms with Gasteiger partial charge in [-0.25, -0.2) is 0 Å². The number of fused-ring (bicyclic) bond motifs is 6. The number of methoxy groups -OCH3 is 2. The number of anilines is 1. The van der Waals surface area contributed by atoms with E-state index in [-0.39, 0.29) is 12.8 Å². The van der Waals surface area contributed by atoms with Crippen LogP contribution in [0.5, 0.6) is 23.0 Å². The van der Waals surface area contributed by atoms with Crippen molar-refractivity contribution in [2.45, 2.75) is 24.8 Å². The summed E-state index contributed by atoms with van der Waals surface area (Å²) in [6.45, 7) is 1.21. The topological polar surface area (TPSA) is 52.2 Å². The molecule has 2 aliphatic heterocycles. The van der Waals surface area contributed by atoms with Crippen molar-refractivity contribution in [2.24, 2.45) is 0 Å². The Labute approximate surface area is 204 Å². The minimum atomic E-state index is 0.256. The van der Waals surface area contributed by atoms with Crippen LogP contribution in [-0.4, -0.2) is 37.6 Å². The number of likely N-dealkylation sites (tertiary alicyclic amines) is 1. The summed E-state index contributed by atoms with van der Waals surface area (Å²) >= 11 is 5.89. The van der Waals surface area contributed by atoms with Gasteiger partial charge in [0.2, 0.25) is 6.79 Å². The molecule has 1 saturated heterocycles. The fourth-order valence-electron chi connectivity index (χ4n) is 5.37. The maximum absolute atomic E-state index is 5.89. The van der Waals surface area contributed by atoms with Crippen LogP contribution in [0, 0.1) is 0 Å². The molecule has 0 spiro atoms. The van der Waals surface area contributed by atoms with Crippen LogP contribution in [0.15, 0.2) is 54.6 Å². The molecule has 3 aliphatic rings. The molecule has 2 atom stereocenters. The third kappa shape index (κ3) is 3.51. The number of ether oxygens (including phenoxy) is 4. The van der Waals surface area contributed by atoms with E-state index in [0.29, 0.717) is 16.8 Å². The zero-order chi connectivity index (χ0) is 23.2. The second-order valence-corrected chi connectivity index (χ2v) is 9.23. The third-order valence-corrected chi connectivity index (χ3v) is 7.44. The summed E-state index contributed by atoms with van der Waals surface area (Å²) in [7, 11) is 3.30. The van der Waals surface area contributed by atoms with Crippen LogP contribution in [0.3, 0.4) is 0 Å². The van der Waals surface area contributed by atoms with Gasteiger partial charge in [0.1, 0.15) is 11.5 Å². The normalized spacial score (nSPS) is 19.5. The fraction of sp³-hybridized carbons (Fsp3) is 0.296. The quantitative estimate of drug-likeness (QED) is 0.485. The number of hydrogen-bond acceptors (Lipinski definition) is 5. The molecular weight excluding hydrogens is 448 g/mol. The van der Waals surface area contributed by atoms with Gasteiger partial charge >= 0.3 is 0 Å². The van der Waals surface area contributed by atoms with Crippen molar-refractivity contribution >= 4 is 23.0 Å². The van der Waals surface area contributed by atoms with Crippen molar-refractivity contribution in [1.29, 1.82) is 0 Å². The molecule has 3 aromatic carbocycles. The Bertz CT molecular complexity index is 1280. The van der Waals surface area contributed by atoms with Crippen molar-refractivity contribution < 1.29 is 18.9 Å². The average Bonchev–Trinajstić information content (AvgIpc) is 3.46. The maximum Gasteiger partial charge on any atom is 0.231 e. The minimum Gasteiger partial charge on any atom is -0.497 e. The van der Waals surface area contributed by atoms with E-state index in [2.05, 4.69) is 40.5 Å². The van der Waals surface area contributed by atoms with Crippen molar-refractivity contribution in [3.8, 4) is 34.1 Å². The van der Waals surface area contributed by atoms with E-state index in [1.807, 2.05) is 24.3 Å². The lowest BCUT2D eigenvalue weighted by atomic mass is 9.95. The Morgan fingerprint density at radius 2 is 1.76 bits per heavy atom. The first-order chi connectivity index (χ1) is 16.6. The number of rotatable bonds is 4. The van der Waals surface area contributed by atoms with Crippen molar-refractivity contribution in [1.82, 2.24) is 4.90 Å². The number of benzene rings is 3. The zero-order valence-electron chi connectivity index (χ0n) is 19.2. The van der Waals surface area contributed by atoms with Gasteiger partial charge in [0.05, 0.1) is 25.9 Å². The van der Waals surface area contributed by atoms with Crippen LogP contribution in [0.25, 0.3) is 11.1 Å². The van der Waals surface area contributed by atoms with Gasteiger partial charge in [0, 0.05) is 12.6 Å². The lowest BCUT2D eigenvalue weighted by Gasteiger charge is -2.36. The molecule has 6 rings (SSSR count). The lowest BCUT2D eigenvalue weighted by Crippen LogP contribution is -2.40. The molecule has 1 unspecified atom stereocenters. The SMILES string of the molecule is COc1ccc(NC(=S)N2CC[C@@H]3CC2c2cc(-c4ccc5c(c4)OCO5)ccc23)c(OC)c1. The predicted octanol–water partition coefficient (Wildman–Crippen LogP) is 5.73. The van der Waals surface area contributed by atoms with Crippen molar-refractivity contribution in [3.05, 3.63) is 65.7 Å². The van der Waals surface area contributed by atoms with E-state index in [0.717, 1.165) is 47.9 Å². The van der Waals surface area contributed by atoms with Crippen LogP contribution in [-0.2, 0) is 0 Å². The summed E-state index contributed by atoms with van der Waals surface area (Å²) in [5.74, 6) is 3.64. The van der Waals surface area contributed by atoms with Gasteiger partial charge in [-0.1, -0.05) is 18.2 Å². The van der Waals surface area contributed by atoms with E-state index in [1.54, 1.807) is 14.2 Å². The zero-order valence-corrected chi connectivity index (χ0v) is 20.0. The summed E-state index contributed by atoms with van der Waals surface area (Å²) in [6, 6.07) is 18.9. The minimum absolute atomic E-state index is 0.256. The molecular formula is C27H26N2O4S. The highest BCUT2D eigenvalue weighted by molar-refractivity contribution is 7.80. The highest BCUT2D eigenvalue weighted by Gasteiger charge is 2.40. The second kappa shape index (κ2) is 8.40. The van der Waals surface area contributed by atoms with Gasteiger partial charge in [-0.3, -0.25) is 0 Å². The van der Waals surface area contributed by atoms with Gasteiger partial charge in [0.15, 0.2) is 16.6 Å². The standard InChI is InChI=1S/C27H26N2O4S/c1-30-19-5-7-22(25(14-19)31-2)28-27(34)29-10-9-18-12-23(29)21-11-16(3-6-20(18)21)17-4-8-24-26(13-17)33-15-32-24/h3-8,11,13-14,18,23H,9-10,12,15H2,1-2H3,(H,28,34)/t18-,23?/m1/s1. The summed E-state index contributed by atoms with van der Waals surface area (Å²) in [4.78, 5) is 2.32. The third-order valence-electron chi connectivity index (χ3n) is 7.11. The Balaban J connectivity index is 1.28. The van der Waals surface area contributed by atoms with Crippen molar-refractivity contribution in [3.63, 3.8) is 0 Å². The summed E-state index contributed by atoms with van der Waals surface area (Å²) in [5.41, 5.74) is 5.96. The first kappa shape index (κ1) is 21.1. The van der Waals surface area contributed by atoms with Gasteiger partial charge in [-0.15, -0.1) is 0 Å². The number of nitrogens with zero attached hydrogens (tertiary/aromatic N) is 1. The second-order valence-electron chi connectivity index (χ2n) is 8.84. The molecule has 3 aromatic rings. The van der Waals surface area contributed by atoms with Gasteiger partial charge in [0.25, 0.3) is 0 Å². The molecule has 2 bridgehead atoms. The van der Waals surface area contributed by atoms with Gasteiger partial charge < -0.3 is 29.2 Å². The average molecular weight is 475 g/mol. The molecule has 174 valence electrons. The Hall–Kier alpha value is -3.45. The van der Waals surface area contributed by atoms with E-state index >= 15 is 0 Å². The van der Waals surface area contributed by atoms with Gasteiger partial charge in [-0.05, 0) is 83.6 Å². The summed E-state index contributed by atoms with van der Waals surface area (Å²) < 4.78 is 21.9. The number of piperidine rings is 1. The largest absolute Gasteiger partial charge is 0.497 e. The van der Waals surface area contributed by atoms with Crippen molar-refractivity contribution in [2.75, 3.05) is 32.9 Å². The van der Waals surface area contributed by atoms with Crippen LogP contribution >= 0.6 is 12.2 Å². The number of hydrogen-bond donors (Lipinski definition) is 1. The Kier molecular flexibility index (Phi) is 5.21. The van der Waals surface area contributed by atoms with Crippen LogP contribution < -0.4 is 24.3 Å². The fourth-order valence-corrected chi connectivity index (χ4v) is 5.69. The highest BCUT2D eigenvalue weighted by Crippen LogP contribution is 2.50. The van der Waals surface area contributed by atoms with Crippen LogP contribution in [0.4, 0.5) is 5.69 Å². The molecule has 0 aromatic heterocycles. The van der Waals surface area contributed by atoms with E-state index in [4.69, 9.17) is 31.2 Å². The first-order valence-electron chi connectivity index (χ1n) is 11.5. The lowest BCUT2D eigenvalue weighted by molar-refractivity contribution is 0.174. The van der Waals surface area contributed by atoms with Crippen LogP contribution in [0.2, 0.25) is 0 Å². The summed E-state index contributed by atoms with van der Waals surface area (Å²) in [6.07, 6.45) is 2.18. The molecule has 7 heteroatoms. The molecule has 1 fully saturated rings. The predicted molar refractivity (Wildman–Crippen MR) is 135 cm³/mol.